The smallest absolute Gasteiger partial charge is 0.326 e. The first kappa shape index (κ1) is 35.7. The van der Waals surface area contributed by atoms with E-state index in [9.17, 15) is 53.7 Å². The van der Waals surface area contributed by atoms with Gasteiger partial charge in [0.1, 0.15) is 17.8 Å². The Balaban J connectivity index is 2.36. The lowest BCUT2D eigenvalue weighted by atomic mass is 10.1. The van der Waals surface area contributed by atoms with Gasteiger partial charge in [-0.05, 0) is 17.7 Å². The minimum Gasteiger partial charge on any atom is -0.508 e. The fourth-order valence-electron chi connectivity index (χ4n) is 3.00. The molecule has 0 aliphatic carbocycles. The van der Waals surface area contributed by atoms with Gasteiger partial charge in [-0.2, -0.15) is 0 Å². The number of phenols is 1. The van der Waals surface area contributed by atoms with E-state index in [4.69, 9.17) is 5.73 Å². The highest BCUT2D eigenvalue weighted by atomic mass is 16.4. The summed E-state index contributed by atoms with van der Waals surface area (Å²) in [6, 6.07) is 2.65. The molecule has 236 valence electrons. The zero-order valence-electron chi connectivity index (χ0n) is 22.8. The van der Waals surface area contributed by atoms with Crippen molar-refractivity contribution < 1.29 is 53.7 Å². The number of aliphatic hydroxyl groups excluding tert-OH is 1. The van der Waals surface area contributed by atoms with Gasteiger partial charge in [0, 0.05) is 6.42 Å². The zero-order chi connectivity index (χ0) is 32.4. The molecular weight excluding hydrogens is 576 g/mol. The Labute approximate surface area is 244 Å². The van der Waals surface area contributed by atoms with E-state index in [2.05, 4.69) is 37.2 Å². The molecule has 7 amide bonds. The van der Waals surface area contributed by atoms with Crippen LogP contribution in [0.25, 0.3) is 0 Å². The van der Waals surface area contributed by atoms with Crippen LogP contribution in [0.2, 0.25) is 0 Å². The molecule has 0 aliphatic heterocycles. The SMILES string of the molecule is NCC(=O)NCC(=O)NCC(=O)NCC(=O)NCC(=O)NCC(=O)NC(CO)C(=O)NC(Cc1ccc(O)cc1)C(=O)O. The number of nitrogens with two attached hydrogens (primary N) is 1. The third-order valence-corrected chi connectivity index (χ3v) is 5.24. The lowest BCUT2D eigenvalue weighted by molar-refractivity contribution is -0.142. The monoisotopic (exact) mass is 610 g/mol. The van der Waals surface area contributed by atoms with Crippen molar-refractivity contribution in [2.24, 2.45) is 5.73 Å². The lowest BCUT2D eigenvalue weighted by Crippen LogP contribution is -2.55. The molecule has 12 N–H and O–H groups in total. The van der Waals surface area contributed by atoms with E-state index < -0.39 is 98.7 Å². The topological polar surface area (TPSA) is 307 Å². The van der Waals surface area contributed by atoms with Crippen molar-refractivity contribution in [3.8, 4) is 5.75 Å². The van der Waals surface area contributed by atoms with Crippen LogP contribution in [0.4, 0.5) is 0 Å². The molecule has 1 rings (SSSR count). The fraction of sp³-hybridized carbons (Fsp3) is 0.417. The second kappa shape index (κ2) is 18.9. The summed E-state index contributed by atoms with van der Waals surface area (Å²) in [5.74, 6) is -6.86. The summed E-state index contributed by atoms with van der Waals surface area (Å²) in [6.07, 6.45) is -0.147. The number of aliphatic hydroxyl groups is 1. The second-order valence-corrected chi connectivity index (χ2v) is 8.66. The molecule has 19 heteroatoms. The first-order valence-electron chi connectivity index (χ1n) is 12.6. The van der Waals surface area contributed by atoms with Crippen molar-refractivity contribution >= 4 is 47.3 Å². The van der Waals surface area contributed by atoms with E-state index in [1.165, 1.54) is 24.3 Å². The third-order valence-electron chi connectivity index (χ3n) is 5.24. The van der Waals surface area contributed by atoms with Crippen LogP contribution in [0.3, 0.4) is 0 Å². The van der Waals surface area contributed by atoms with Gasteiger partial charge < -0.3 is 58.3 Å². The Bertz CT molecular complexity index is 1180. The van der Waals surface area contributed by atoms with E-state index in [0.29, 0.717) is 5.56 Å². The highest BCUT2D eigenvalue weighted by Gasteiger charge is 2.26. The van der Waals surface area contributed by atoms with Gasteiger partial charge >= 0.3 is 5.97 Å². The summed E-state index contributed by atoms with van der Waals surface area (Å²) in [7, 11) is 0. The molecule has 1 aromatic carbocycles. The molecule has 43 heavy (non-hydrogen) atoms. The van der Waals surface area contributed by atoms with Crippen molar-refractivity contribution in [3.63, 3.8) is 0 Å². The number of carbonyl (C=O) groups excluding carboxylic acids is 7. The van der Waals surface area contributed by atoms with Crippen molar-refractivity contribution in [2.45, 2.75) is 18.5 Å². The van der Waals surface area contributed by atoms with Gasteiger partial charge in [0.15, 0.2) is 0 Å². The van der Waals surface area contributed by atoms with Crippen LogP contribution in [0, 0.1) is 0 Å². The maximum Gasteiger partial charge on any atom is 0.326 e. The molecular formula is C24H34N8O11. The summed E-state index contributed by atoms with van der Waals surface area (Å²) < 4.78 is 0. The van der Waals surface area contributed by atoms with Crippen LogP contribution in [-0.2, 0) is 44.8 Å². The number of hydrogen-bond donors (Lipinski definition) is 11. The van der Waals surface area contributed by atoms with E-state index in [1.807, 2.05) is 0 Å². The number of carbonyl (C=O) groups is 8. The van der Waals surface area contributed by atoms with Gasteiger partial charge in [-0.25, -0.2) is 4.79 Å². The highest BCUT2D eigenvalue weighted by molar-refractivity contribution is 5.93. The summed E-state index contributed by atoms with van der Waals surface area (Å²) >= 11 is 0. The first-order valence-corrected chi connectivity index (χ1v) is 12.6. The number of amides is 7. The quantitative estimate of drug-likeness (QED) is 0.0739. The van der Waals surface area contributed by atoms with E-state index in [1.54, 1.807) is 0 Å². The summed E-state index contributed by atoms with van der Waals surface area (Å²) in [6.45, 7) is -3.84. The Morgan fingerprint density at radius 2 is 1.05 bits per heavy atom. The number of benzene rings is 1. The summed E-state index contributed by atoms with van der Waals surface area (Å²) in [4.78, 5) is 94.0. The number of rotatable bonds is 18. The molecule has 0 fully saturated rings. The van der Waals surface area contributed by atoms with Crippen LogP contribution in [0.1, 0.15) is 5.56 Å². The van der Waals surface area contributed by atoms with Gasteiger partial charge in [0.25, 0.3) is 0 Å². The number of aromatic hydroxyl groups is 1. The molecule has 0 saturated heterocycles. The van der Waals surface area contributed by atoms with Crippen molar-refractivity contribution in [1.82, 2.24) is 37.2 Å². The van der Waals surface area contributed by atoms with Gasteiger partial charge in [0.05, 0.1) is 45.9 Å². The van der Waals surface area contributed by atoms with Crippen LogP contribution in [-0.4, -0.2) is 121 Å². The van der Waals surface area contributed by atoms with Crippen LogP contribution >= 0.6 is 0 Å². The molecule has 1 aromatic rings. The van der Waals surface area contributed by atoms with Crippen LogP contribution < -0.4 is 43.0 Å². The van der Waals surface area contributed by atoms with E-state index >= 15 is 0 Å². The van der Waals surface area contributed by atoms with Crippen molar-refractivity contribution in [3.05, 3.63) is 29.8 Å². The molecule has 0 aliphatic rings. The third kappa shape index (κ3) is 15.3. The number of aliphatic carboxylic acids is 1. The average Bonchev–Trinajstić information content (AvgIpc) is 2.98. The molecule has 0 radical (unpaired) electrons. The largest absolute Gasteiger partial charge is 0.508 e. The zero-order valence-corrected chi connectivity index (χ0v) is 22.8. The standard InChI is InChI=1S/C24H34N8O11/c25-6-17(35)26-7-18(36)27-8-19(37)28-9-20(38)29-10-21(39)30-11-22(40)31-16(12-33)23(41)32-15(24(42)43)5-13-1-3-14(34)4-2-13/h1-4,15-16,33-34H,5-12,25H2,(H,26,35)(H,27,36)(H,28,37)(H,29,38)(H,30,39)(H,31,40)(H,32,41)(H,42,43). The van der Waals surface area contributed by atoms with Crippen LogP contribution in [0.5, 0.6) is 5.75 Å². The summed E-state index contributed by atoms with van der Waals surface area (Å²) in [5, 5.41) is 43.5. The van der Waals surface area contributed by atoms with Gasteiger partial charge in [-0.3, -0.25) is 33.6 Å². The molecule has 19 nitrogen and oxygen atoms in total. The minimum atomic E-state index is -1.54. The Morgan fingerprint density at radius 1 is 0.628 bits per heavy atom. The predicted molar refractivity (Wildman–Crippen MR) is 144 cm³/mol. The Morgan fingerprint density at radius 3 is 1.44 bits per heavy atom. The highest BCUT2D eigenvalue weighted by Crippen LogP contribution is 2.11. The Kier molecular flexibility index (Phi) is 15.7. The van der Waals surface area contributed by atoms with Crippen molar-refractivity contribution in [1.29, 1.82) is 0 Å². The maximum atomic E-state index is 12.4. The summed E-state index contributed by atoms with van der Waals surface area (Å²) in [5.41, 5.74) is 5.55. The molecule has 0 bridgehead atoms. The average molecular weight is 611 g/mol. The fourth-order valence-corrected chi connectivity index (χ4v) is 3.00. The maximum absolute atomic E-state index is 12.4. The van der Waals surface area contributed by atoms with E-state index in [-0.39, 0.29) is 18.7 Å². The number of hydrogen-bond acceptors (Lipinski definition) is 11. The van der Waals surface area contributed by atoms with Crippen molar-refractivity contribution in [2.75, 3.05) is 45.9 Å². The van der Waals surface area contributed by atoms with Gasteiger partial charge in [-0.1, -0.05) is 12.1 Å². The molecule has 2 unspecified atom stereocenters. The number of phenolic OH excluding ortho intramolecular Hbond substituents is 1. The van der Waals surface area contributed by atoms with Gasteiger partial charge in [-0.15, -0.1) is 0 Å². The molecule has 0 heterocycles. The second-order valence-electron chi connectivity index (χ2n) is 8.66. The van der Waals surface area contributed by atoms with Gasteiger partial charge in [0.2, 0.25) is 41.4 Å². The normalized spacial score (nSPS) is 11.6. The molecule has 0 spiro atoms. The molecule has 0 saturated carbocycles. The number of nitrogens with one attached hydrogen (secondary N) is 7. The minimum absolute atomic E-state index is 0.0328. The number of carboxylic acids is 1. The van der Waals surface area contributed by atoms with Crippen LogP contribution in [0.15, 0.2) is 24.3 Å². The molecule has 2 atom stereocenters. The predicted octanol–water partition coefficient (Wildman–Crippen LogP) is -6.48. The number of carboxylic acid groups (broad SMARTS) is 1. The lowest BCUT2D eigenvalue weighted by Gasteiger charge is -2.20. The Hall–Kier alpha value is -5.30. The first-order chi connectivity index (χ1) is 20.3. The van der Waals surface area contributed by atoms with E-state index in [0.717, 1.165) is 0 Å². The molecule has 0 aromatic heterocycles.